The van der Waals surface area contributed by atoms with Gasteiger partial charge in [-0.05, 0) is 43.2 Å². The summed E-state index contributed by atoms with van der Waals surface area (Å²) >= 11 is 0. The van der Waals surface area contributed by atoms with E-state index in [-0.39, 0.29) is 12.1 Å². The molecule has 2 N–H and O–H groups in total. The number of rotatable bonds is 2. The van der Waals surface area contributed by atoms with Gasteiger partial charge in [-0.2, -0.15) is 0 Å². The molecule has 1 aromatic rings. The molecule has 86 valence electrons. The topological polar surface area (TPSA) is 32.3 Å². The van der Waals surface area contributed by atoms with E-state index in [2.05, 4.69) is 17.4 Å². The number of nitrogens with one attached hydrogen (secondary N) is 1. The minimum atomic E-state index is 0.157. The summed E-state index contributed by atoms with van der Waals surface area (Å²) in [6.07, 6.45) is 6.38. The summed E-state index contributed by atoms with van der Waals surface area (Å²) in [6, 6.07) is 9.05. The van der Waals surface area contributed by atoms with Crippen LogP contribution in [0.4, 0.5) is 0 Å². The highest BCUT2D eigenvalue weighted by Crippen LogP contribution is 2.43. The molecule has 2 bridgehead atoms. The van der Waals surface area contributed by atoms with Gasteiger partial charge in [-0.1, -0.05) is 24.3 Å². The van der Waals surface area contributed by atoms with Crippen LogP contribution < -0.4 is 5.32 Å². The molecule has 16 heavy (non-hydrogen) atoms. The third kappa shape index (κ3) is 1.48. The quantitative estimate of drug-likeness (QED) is 0.796. The molecule has 0 radical (unpaired) electrons. The first-order valence-corrected chi connectivity index (χ1v) is 6.31. The standard InChI is InChI=1S/C14H19NO/c16-10-11-4-1-2-6-13(11)14-8-3-5-12(15-14)7-9-14/h1-2,4,6,12,15-16H,3,5,7-10H2. The van der Waals surface area contributed by atoms with Crippen molar-refractivity contribution in [3.63, 3.8) is 0 Å². The molecule has 2 aliphatic heterocycles. The normalized spacial score (nSPS) is 32.9. The Balaban J connectivity index is 2.02. The lowest BCUT2D eigenvalue weighted by Crippen LogP contribution is -2.44. The van der Waals surface area contributed by atoms with Crippen molar-refractivity contribution < 1.29 is 5.11 Å². The van der Waals surface area contributed by atoms with E-state index in [9.17, 15) is 5.11 Å². The molecule has 0 spiro atoms. The predicted molar refractivity (Wildman–Crippen MR) is 64.1 cm³/mol. The van der Waals surface area contributed by atoms with Crippen LogP contribution in [0.3, 0.4) is 0 Å². The van der Waals surface area contributed by atoms with Crippen LogP contribution in [-0.4, -0.2) is 11.1 Å². The van der Waals surface area contributed by atoms with E-state index in [0.29, 0.717) is 6.04 Å². The molecule has 1 aromatic carbocycles. The minimum Gasteiger partial charge on any atom is -0.392 e. The van der Waals surface area contributed by atoms with Crippen LogP contribution in [0, 0.1) is 0 Å². The largest absolute Gasteiger partial charge is 0.392 e. The molecule has 0 saturated carbocycles. The fourth-order valence-corrected chi connectivity index (χ4v) is 3.49. The Labute approximate surface area is 96.7 Å². The number of fused-ring (bicyclic) bond motifs is 2. The Morgan fingerprint density at radius 3 is 3.00 bits per heavy atom. The van der Waals surface area contributed by atoms with Crippen molar-refractivity contribution >= 4 is 0 Å². The van der Waals surface area contributed by atoms with Gasteiger partial charge in [0.15, 0.2) is 0 Å². The molecule has 3 rings (SSSR count). The fraction of sp³-hybridized carbons (Fsp3) is 0.571. The zero-order chi connectivity index (χ0) is 11.0. The monoisotopic (exact) mass is 217 g/mol. The number of hydrogen-bond donors (Lipinski definition) is 2. The molecule has 2 heterocycles. The third-order valence-corrected chi connectivity index (χ3v) is 4.26. The van der Waals surface area contributed by atoms with Crippen LogP contribution in [-0.2, 0) is 12.1 Å². The Kier molecular flexibility index (Phi) is 2.49. The van der Waals surface area contributed by atoms with Crippen LogP contribution in [0.5, 0.6) is 0 Å². The predicted octanol–water partition coefficient (Wildman–Crippen LogP) is 2.31. The zero-order valence-corrected chi connectivity index (χ0v) is 9.58. The van der Waals surface area contributed by atoms with Gasteiger partial charge in [0.1, 0.15) is 0 Å². The van der Waals surface area contributed by atoms with Crippen LogP contribution in [0.25, 0.3) is 0 Å². The van der Waals surface area contributed by atoms with Gasteiger partial charge in [-0.15, -0.1) is 0 Å². The van der Waals surface area contributed by atoms with Crippen LogP contribution in [0.2, 0.25) is 0 Å². The second-order valence-corrected chi connectivity index (χ2v) is 5.17. The average Bonchev–Trinajstić information content (AvgIpc) is 2.66. The summed E-state index contributed by atoms with van der Waals surface area (Å²) in [7, 11) is 0. The van der Waals surface area contributed by atoms with Crippen molar-refractivity contribution in [3.8, 4) is 0 Å². The van der Waals surface area contributed by atoms with E-state index < -0.39 is 0 Å². The number of aliphatic hydroxyl groups is 1. The maximum Gasteiger partial charge on any atom is 0.0685 e. The summed E-state index contributed by atoms with van der Waals surface area (Å²) in [4.78, 5) is 0. The molecular weight excluding hydrogens is 198 g/mol. The molecule has 2 nitrogen and oxygen atoms in total. The third-order valence-electron chi connectivity index (χ3n) is 4.26. The fourth-order valence-electron chi connectivity index (χ4n) is 3.49. The second kappa shape index (κ2) is 3.86. The lowest BCUT2D eigenvalue weighted by molar-refractivity contribution is 0.255. The molecule has 2 saturated heterocycles. The lowest BCUT2D eigenvalue weighted by Gasteiger charge is -2.36. The highest BCUT2D eigenvalue weighted by Gasteiger charge is 2.43. The van der Waals surface area contributed by atoms with Crippen molar-refractivity contribution in [2.75, 3.05) is 0 Å². The molecule has 2 atom stereocenters. The second-order valence-electron chi connectivity index (χ2n) is 5.17. The highest BCUT2D eigenvalue weighted by molar-refractivity contribution is 5.35. The van der Waals surface area contributed by atoms with Crippen molar-refractivity contribution in [1.82, 2.24) is 5.32 Å². The van der Waals surface area contributed by atoms with Gasteiger partial charge in [0.2, 0.25) is 0 Å². The van der Waals surface area contributed by atoms with E-state index >= 15 is 0 Å². The minimum absolute atomic E-state index is 0.157. The van der Waals surface area contributed by atoms with Gasteiger partial charge in [0, 0.05) is 11.6 Å². The zero-order valence-electron chi connectivity index (χ0n) is 9.58. The molecule has 0 aromatic heterocycles. The summed E-state index contributed by atoms with van der Waals surface area (Å²) in [5.74, 6) is 0. The van der Waals surface area contributed by atoms with Gasteiger partial charge in [-0.25, -0.2) is 0 Å². The van der Waals surface area contributed by atoms with Gasteiger partial charge >= 0.3 is 0 Å². The van der Waals surface area contributed by atoms with E-state index in [1.54, 1.807) is 0 Å². The summed E-state index contributed by atoms with van der Waals surface area (Å²) in [5.41, 5.74) is 2.60. The Morgan fingerprint density at radius 1 is 1.25 bits per heavy atom. The van der Waals surface area contributed by atoms with E-state index in [1.807, 2.05) is 12.1 Å². The maximum atomic E-state index is 9.44. The number of benzene rings is 1. The van der Waals surface area contributed by atoms with E-state index in [1.165, 1.54) is 37.7 Å². The molecule has 0 amide bonds. The number of piperidine rings is 1. The Hall–Kier alpha value is -0.860. The summed E-state index contributed by atoms with van der Waals surface area (Å²) in [5, 5.41) is 13.2. The Bertz CT molecular complexity index is 386. The first kappa shape index (κ1) is 10.3. The SMILES string of the molecule is OCc1ccccc1C12CCCC(CC1)N2. The van der Waals surface area contributed by atoms with Crippen LogP contribution in [0.15, 0.2) is 24.3 Å². The van der Waals surface area contributed by atoms with E-state index in [4.69, 9.17) is 0 Å². The molecule has 2 aliphatic rings. The number of aliphatic hydroxyl groups excluding tert-OH is 1. The van der Waals surface area contributed by atoms with Gasteiger partial charge in [-0.3, -0.25) is 0 Å². The molecule has 2 unspecified atom stereocenters. The number of hydrogen-bond acceptors (Lipinski definition) is 2. The molecule has 2 fully saturated rings. The van der Waals surface area contributed by atoms with Crippen molar-refractivity contribution in [2.24, 2.45) is 0 Å². The lowest BCUT2D eigenvalue weighted by atomic mass is 9.81. The average molecular weight is 217 g/mol. The first-order chi connectivity index (χ1) is 7.84. The van der Waals surface area contributed by atoms with Crippen molar-refractivity contribution in [1.29, 1.82) is 0 Å². The van der Waals surface area contributed by atoms with Crippen molar-refractivity contribution in [3.05, 3.63) is 35.4 Å². The molecular formula is C14H19NO. The molecule has 2 heteroatoms. The summed E-state index contributed by atoms with van der Waals surface area (Å²) in [6.45, 7) is 0.157. The van der Waals surface area contributed by atoms with E-state index in [0.717, 1.165) is 5.56 Å². The highest BCUT2D eigenvalue weighted by atomic mass is 16.3. The van der Waals surface area contributed by atoms with Gasteiger partial charge in [0.25, 0.3) is 0 Å². The van der Waals surface area contributed by atoms with Gasteiger partial charge < -0.3 is 10.4 Å². The summed E-state index contributed by atoms with van der Waals surface area (Å²) < 4.78 is 0. The van der Waals surface area contributed by atoms with Crippen molar-refractivity contribution in [2.45, 2.75) is 50.3 Å². The smallest absolute Gasteiger partial charge is 0.0685 e. The van der Waals surface area contributed by atoms with Crippen LogP contribution in [0.1, 0.15) is 43.2 Å². The molecule has 0 aliphatic carbocycles. The maximum absolute atomic E-state index is 9.44. The first-order valence-electron chi connectivity index (χ1n) is 6.31. The van der Waals surface area contributed by atoms with Crippen LogP contribution >= 0.6 is 0 Å². The van der Waals surface area contributed by atoms with Gasteiger partial charge in [0.05, 0.1) is 6.61 Å². The Morgan fingerprint density at radius 2 is 2.12 bits per heavy atom.